The summed E-state index contributed by atoms with van der Waals surface area (Å²) in [7, 11) is 3.38. The van der Waals surface area contributed by atoms with Gasteiger partial charge in [-0.05, 0) is 12.3 Å². The number of rotatable bonds is 7. The van der Waals surface area contributed by atoms with E-state index in [1.165, 1.54) is 7.11 Å². The first-order valence-corrected chi connectivity index (χ1v) is 6.18. The Morgan fingerprint density at radius 3 is 2.47 bits per heavy atom. The van der Waals surface area contributed by atoms with Gasteiger partial charge in [-0.3, -0.25) is 0 Å². The number of alkyl carbamates (subject to hydrolysis) is 1. The van der Waals surface area contributed by atoms with Gasteiger partial charge in [0.2, 0.25) is 0 Å². The van der Waals surface area contributed by atoms with Crippen LogP contribution >= 0.6 is 0 Å². The molecule has 0 rings (SSSR count). The van der Waals surface area contributed by atoms with Crippen molar-refractivity contribution in [3.8, 4) is 0 Å². The summed E-state index contributed by atoms with van der Waals surface area (Å²) in [6.07, 6.45) is 1.86. The standard InChI is InChI=1S/C13H26N2O2/c1-7-8-9-15(5)11(4)12(10(2)3)14-13(16)17-6/h10,12H,4,7-9H2,1-3,5-6H3,(H,14,16). The second-order valence-electron chi connectivity index (χ2n) is 4.62. The average molecular weight is 242 g/mol. The Labute approximate surface area is 105 Å². The van der Waals surface area contributed by atoms with E-state index in [4.69, 9.17) is 0 Å². The van der Waals surface area contributed by atoms with Crippen LogP contribution < -0.4 is 5.32 Å². The normalized spacial score (nSPS) is 12.1. The molecule has 0 aliphatic rings. The van der Waals surface area contributed by atoms with Crippen LogP contribution in [0.2, 0.25) is 0 Å². The fourth-order valence-electron chi connectivity index (χ4n) is 1.60. The number of amides is 1. The summed E-state index contributed by atoms with van der Waals surface area (Å²) in [6.45, 7) is 11.3. The largest absolute Gasteiger partial charge is 0.453 e. The first-order valence-electron chi connectivity index (χ1n) is 6.18. The Balaban J connectivity index is 4.48. The molecule has 100 valence electrons. The van der Waals surface area contributed by atoms with Crippen LogP contribution in [0, 0.1) is 5.92 Å². The molecule has 0 aliphatic heterocycles. The molecule has 0 aromatic heterocycles. The minimum atomic E-state index is -0.409. The summed E-state index contributed by atoms with van der Waals surface area (Å²) in [6, 6.07) is -0.0793. The molecule has 1 atom stereocenters. The molecule has 1 amide bonds. The van der Waals surface area contributed by atoms with Crippen molar-refractivity contribution in [3.05, 3.63) is 12.3 Å². The summed E-state index contributed by atoms with van der Waals surface area (Å²) < 4.78 is 4.63. The van der Waals surface area contributed by atoms with E-state index >= 15 is 0 Å². The maximum atomic E-state index is 11.3. The van der Waals surface area contributed by atoms with Crippen molar-refractivity contribution in [2.24, 2.45) is 5.92 Å². The second kappa shape index (κ2) is 7.98. The zero-order valence-electron chi connectivity index (χ0n) is 11.7. The lowest BCUT2D eigenvalue weighted by Gasteiger charge is -2.31. The minimum Gasteiger partial charge on any atom is -0.453 e. The Morgan fingerprint density at radius 2 is 2.06 bits per heavy atom. The van der Waals surface area contributed by atoms with E-state index in [0.29, 0.717) is 0 Å². The highest BCUT2D eigenvalue weighted by molar-refractivity contribution is 5.67. The van der Waals surface area contributed by atoms with Crippen LogP contribution in [-0.4, -0.2) is 37.7 Å². The number of likely N-dealkylation sites (N-methyl/N-ethyl adjacent to an activating group) is 1. The van der Waals surface area contributed by atoms with Gasteiger partial charge in [0.25, 0.3) is 0 Å². The zero-order chi connectivity index (χ0) is 13.4. The average Bonchev–Trinajstić information content (AvgIpc) is 2.31. The van der Waals surface area contributed by atoms with Crippen molar-refractivity contribution in [1.29, 1.82) is 0 Å². The molecule has 0 saturated heterocycles. The third-order valence-corrected chi connectivity index (χ3v) is 2.82. The monoisotopic (exact) mass is 242 g/mol. The summed E-state index contributed by atoms with van der Waals surface area (Å²) in [5.41, 5.74) is 0.929. The molecule has 1 unspecified atom stereocenters. The fourth-order valence-corrected chi connectivity index (χ4v) is 1.60. The predicted octanol–water partition coefficient (Wildman–Crippen LogP) is 2.61. The Kier molecular flexibility index (Phi) is 7.42. The molecule has 4 heteroatoms. The van der Waals surface area contributed by atoms with E-state index < -0.39 is 6.09 Å². The molecule has 0 spiro atoms. The van der Waals surface area contributed by atoms with Crippen LogP contribution in [0.15, 0.2) is 12.3 Å². The van der Waals surface area contributed by atoms with Gasteiger partial charge >= 0.3 is 6.09 Å². The first kappa shape index (κ1) is 15.8. The topological polar surface area (TPSA) is 41.6 Å². The van der Waals surface area contributed by atoms with Gasteiger partial charge in [0.15, 0.2) is 0 Å². The van der Waals surface area contributed by atoms with E-state index in [9.17, 15) is 4.79 Å². The van der Waals surface area contributed by atoms with Crippen LogP contribution in [0.25, 0.3) is 0 Å². The van der Waals surface area contributed by atoms with Crippen molar-refractivity contribution in [1.82, 2.24) is 10.2 Å². The lowest BCUT2D eigenvalue weighted by Crippen LogP contribution is -2.43. The van der Waals surface area contributed by atoms with Crippen LogP contribution in [0.3, 0.4) is 0 Å². The Hall–Kier alpha value is -1.19. The molecule has 0 bridgehead atoms. The number of ether oxygens (including phenoxy) is 1. The highest BCUT2D eigenvalue weighted by Crippen LogP contribution is 2.14. The van der Waals surface area contributed by atoms with Gasteiger partial charge < -0.3 is 15.0 Å². The summed E-state index contributed by atoms with van der Waals surface area (Å²) in [5.74, 6) is 0.283. The summed E-state index contributed by atoms with van der Waals surface area (Å²) in [4.78, 5) is 13.4. The van der Waals surface area contributed by atoms with Gasteiger partial charge in [0, 0.05) is 19.3 Å². The van der Waals surface area contributed by atoms with Crippen molar-refractivity contribution in [2.75, 3.05) is 20.7 Å². The molecule has 0 heterocycles. The van der Waals surface area contributed by atoms with Gasteiger partial charge in [-0.25, -0.2) is 4.79 Å². The van der Waals surface area contributed by atoms with Crippen molar-refractivity contribution < 1.29 is 9.53 Å². The number of hydrogen-bond donors (Lipinski definition) is 1. The van der Waals surface area contributed by atoms with Crippen molar-refractivity contribution >= 4 is 6.09 Å². The molecule has 1 N–H and O–H groups in total. The smallest absolute Gasteiger partial charge is 0.407 e. The summed E-state index contributed by atoms with van der Waals surface area (Å²) >= 11 is 0. The SMILES string of the molecule is C=C(C(NC(=O)OC)C(C)C)N(C)CCCC. The number of methoxy groups -OCH3 is 1. The molecule has 4 nitrogen and oxygen atoms in total. The molecular formula is C13H26N2O2. The summed E-state index contributed by atoms with van der Waals surface area (Å²) in [5, 5.41) is 2.82. The van der Waals surface area contributed by atoms with Crippen LogP contribution in [0.1, 0.15) is 33.6 Å². The fraction of sp³-hybridized carbons (Fsp3) is 0.769. The minimum absolute atomic E-state index is 0.0793. The number of carbonyl (C=O) groups is 1. The van der Waals surface area contributed by atoms with Crippen molar-refractivity contribution in [2.45, 2.75) is 39.7 Å². The molecule has 0 saturated carbocycles. The molecule has 0 fully saturated rings. The lowest BCUT2D eigenvalue weighted by atomic mass is 10.0. The maximum absolute atomic E-state index is 11.3. The molecule has 17 heavy (non-hydrogen) atoms. The van der Waals surface area contributed by atoms with Crippen LogP contribution in [-0.2, 0) is 4.74 Å². The van der Waals surface area contributed by atoms with Crippen LogP contribution in [0.5, 0.6) is 0 Å². The maximum Gasteiger partial charge on any atom is 0.407 e. The highest BCUT2D eigenvalue weighted by Gasteiger charge is 2.21. The molecule has 0 radical (unpaired) electrons. The quantitative estimate of drug-likeness (QED) is 0.746. The van der Waals surface area contributed by atoms with E-state index in [1.54, 1.807) is 0 Å². The molecule has 0 aromatic carbocycles. The Bertz CT molecular complexity index is 252. The lowest BCUT2D eigenvalue weighted by molar-refractivity contribution is 0.162. The first-order chi connectivity index (χ1) is 7.93. The number of unbranched alkanes of at least 4 members (excludes halogenated alkanes) is 1. The van der Waals surface area contributed by atoms with E-state index in [-0.39, 0.29) is 12.0 Å². The molecule has 0 aliphatic carbocycles. The van der Waals surface area contributed by atoms with Crippen LogP contribution in [0.4, 0.5) is 4.79 Å². The van der Waals surface area contributed by atoms with Gasteiger partial charge in [0.1, 0.15) is 0 Å². The third kappa shape index (κ3) is 5.61. The number of nitrogens with one attached hydrogen (secondary N) is 1. The van der Waals surface area contributed by atoms with E-state index in [0.717, 1.165) is 25.1 Å². The molecular weight excluding hydrogens is 216 g/mol. The van der Waals surface area contributed by atoms with E-state index in [2.05, 4.69) is 42.3 Å². The van der Waals surface area contributed by atoms with Gasteiger partial charge in [-0.2, -0.15) is 0 Å². The number of hydrogen-bond acceptors (Lipinski definition) is 3. The van der Waals surface area contributed by atoms with Crippen molar-refractivity contribution in [3.63, 3.8) is 0 Å². The molecule has 0 aromatic rings. The highest BCUT2D eigenvalue weighted by atomic mass is 16.5. The second-order valence-corrected chi connectivity index (χ2v) is 4.62. The third-order valence-electron chi connectivity index (χ3n) is 2.82. The Morgan fingerprint density at radius 1 is 1.47 bits per heavy atom. The van der Waals surface area contributed by atoms with Gasteiger partial charge in [-0.15, -0.1) is 0 Å². The van der Waals surface area contributed by atoms with Gasteiger partial charge in [-0.1, -0.05) is 33.8 Å². The number of carbonyl (C=O) groups excluding carboxylic acids is 1. The number of nitrogens with zero attached hydrogens (tertiary/aromatic N) is 1. The van der Waals surface area contributed by atoms with Gasteiger partial charge in [0.05, 0.1) is 13.2 Å². The predicted molar refractivity (Wildman–Crippen MR) is 70.8 cm³/mol. The zero-order valence-corrected chi connectivity index (χ0v) is 11.7. The van der Waals surface area contributed by atoms with E-state index in [1.807, 2.05) is 7.05 Å².